The maximum Gasteiger partial charge on any atom is 0.416 e. The number of fused-ring (bicyclic) bond motifs is 1. The van der Waals surface area contributed by atoms with Crippen LogP contribution >= 0.6 is 0 Å². The highest BCUT2D eigenvalue weighted by Crippen LogP contribution is 2.32. The zero-order valence-corrected chi connectivity index (χ0v) is 17.9. The van der Waals surface area contributed by atoms with Crippen molar-refractivity contribution in [3.05, 3.63) is 76.8 Å². The highest BCUT2D eigenvalue weighted by Gasteiger charge is 2.30. The topological polar surface area (TPSA) is 69.0 Å². The number of pyridine rings is 1. The molecule has 6 nitrogen and oxygen atoms in total. The Kier molecular flexibility index (Phi) is 6.14. The third-order valence-electron chi connectivity index (χ3n) is 5.05. The third-order valence-corrected chi connectivity index (χ3v) is 5.05. The number of aromatic nitrogens is 3. The first-order chi connectivity index (χ1) is 16.5. The van der Waals surface area contributed by atoms with E-state index in [9.17, 15) is 31.1 Å². The van der Waals surface area contributed by atoms with Crippen LogP contribution in [0.25, 0.3) is 27.7 Å². The van der Waals surface area contributed by atoms with Crippen LogP contribution in [0.2, 0.25) is 0 Å². The lowest BCUT2D eigenvalue weighted by Crippen LogP contribution is -2.23. The number of halogens is 6. The molecule has 182 valence electrons. The van der Waals surface area contributed by atoms with E-state index < -0.39 is 30.0 Å². The van der Waals surface area contributed by atoms with Crippen molar-refractivity contribution in [2.45, 2.75) is 12.4 Å². The van der Waals surface area contributed by atoms with Crippen LogP contribution in [-0.2, 0) is 6.18 Å². The Bertz CT molecular complexity index is 1410. The molecule has 4 aromatic rings. The van der Waals surface area contributed by atoms with Gasteiger partial charge >= 0.3 is 12.4 Å². The van der Waals surface area contributed by atoms with Gasteiger partial charge in [0.15, 0.2) is 0 Å². The van der Waals surface area contributed by atoms with Crippen molar-refractivity contribution in [2.75, 3.05) is 19.0 Å². The monoisotopic (exact) mass is 494 g/mol. The number of anilines is 1. The first-order valence-corrected chi connectivity index (χ1v) is 10.0. The van der Waals surface area contributed by atoms with E-state index in [-0.39, 0.29) is 28.0 Å². The summed E-state index contributed by atoms with van der Waals surface area (Å²) in [5, 5.41) is 2.33. The number of hydrogen-bond donors (Lipinski definition) is 1. The fraction of sp³-hybridized carbons (Fsp3) is 0.174. The molecule has 0 amide bonds. The van der Waals surface area contributed by atoms with Gasteiger partial charge in [0.1, 0.15) is 12.3 Å². The van der Waals surface area contributed by atoms with Gasteiger partial charge in [0.05, 0.1) is 23.8 Å². The van der Waals surface area contributed by atoms with Crippen molar-refractivity contribution < 1.29 is 31.1 Å². The maximum atomic E-state index is 13.5. The second-order valence-electron chi connectivity index (χ2n) is 7.42. The predicted octanol–water partition coefficient (Wildman–Crippen LogP) is 5.45. The summed E-state index contributed by atoms with van der Waals surface area (Å²) in [6, 6.07) is 10.3. The van der Waals surface area contributed by atoms with Gasteiger partial charge in [-0.25, -0.2) is 9.97 Å². The number of methoxy groups -OCH3 is 1. The van der Waals surface area contributed by atoms with E-state index in [1.165, 1.54) is 24.1 Å². The number of nitrogens with zero attached hydrogens (tertiary/aromatic N) is 3. The van der Waals surface area contributed by atoms with E-state index in [2.05, 4.69) is 9.97 Å². The Morgan fingerprint density at radius 2 is 1.63 bits per heavy atom. The quantitative estimate of drug-likeness (QED) is 0.374. The molecular formula is C23H16F6N4O2. The summed E-state index contributed by atoms with van der Waals surface area (Å²) in [5.74, 6) is 0.152. The predicted molar refractivity (Wildman–Crippen MR) is 117 cm³/mol. The van der Waals surface area contributed by atoms with Gasteiger partial charge in [-0.05, 0) is 42.0 Å². The fourth-order valence-corrected chi connectivity index (χ4v) is 3.39. The Morgan fingerprint density at radius 1 is 0.971 bits per heavy atom. The van der Waals surface area contributed by atoms with E-state index in [0.717, 1.165) is 24.3 Å². The molecule has 12 heteroatoms. The summed E-state index contributed by atoms with van der Waals surface area (Å²) in [6.45, 7) is -1.41. The lowest BCUT2D eigenvalue weighted by atomic mass is 10.0. The number of nitrogens with one attached hydrogen (secondary N) is 1. The lowest BCUT2D eigenvalue weighted by molar-refractivity contribution is -0.137. The average Bonchev–Trinajstić information content (AvgIpc) is 2.81. The molecule has 0 aliphatic carbocycles. The largest absolute Gasteiger partial charge is 0.497 e. The average molecular weight is 494 g/mol. The van der Waals surface area contributed by atoms with Crippen LogP contribution in [0.15, 0.2) is 65.7 Å². The van der Waals surface area contributed by atoms with Gasteiger partial charge in [-0.3, -0.25) is 9.36 Å². The molecule has 0 spiro atoms. The highest BCUT2D eigenvalue weighted by atomic mass is 19.4. The van der Waals surface area contributed by atoms with E-state index in [4.69, 9.17) is 4.74 Å². The summed E-state index contributed by atoms with van der Waals surface area (Å²) < 4.78 is 83.3. The van der Waals surface area contributed by atoms with Gasteiger partial charge in [0.2, 0.25) is 5.95 Å². The molecular weight excluding hydrogens is 478 g/mol. The minimum absolute atomic E-state index is 0.0146. The van der Waals surface area contributed by atoms with E-state index in [1.54, 1.807) is 24.3 Å². The highest BCUT2D eigenvalue weighted by molar-refractivity contribution is 5.93. The molecule has 0 fully saturated rings. The molecule has 0 radical (unpaired) electrons. The summed E-state index contributed by atoms with van der Waals surface area (Å²) in [7, 11) is 1.47. The molecule has 0 aliphatic heterocycles. The summed E-state index contributed by atoms with van der Waals surface area (Å²) >= 11 is 0. The van der Waals surface area contributed by atoms with Crippen molar-refractivity contribution in [1.82, 2.24) is 14.5 Å². The number of rotatable bonds is 5. The molecule has 2 heterocycles. The van der Waals surface area contributed by atoms with Crippen LogP contribution in [0.5, 0.6) is 5.75 Å². The van der Waals surface area contributed by atoms with Crippen LogP contribution < -0.4 is 15.6 Å². The summed E-state index contributed by atoms with van der Waals surface area (Å²) in [5.41, 5.74) is -1.13. The number of benzene rings is 2. The van der Waals surface area contributed by atoms with Crippen LogP contribution in [-0.4, -0.2) is 34.4 Å². The van der Waals surface area contributed by atoms with Crippen molar-refractivity contribution in [2.24, 2.45) is 0 Å². The van der Waals surface area contributed by atoms with Crippen LogP contribution in [0.1, 0.15) is 5.56 Å². The molecule has 0 saturated carbocycles. The first kappa shape index (κ1) is 24.0. The maximum absolute atomic E-state index is 13.5. The molecule has 2 aromatic heterocycles. The lowest BCUT2D eigenvalue weighted by Gasteiger charge is -2.14. The van der Waals surface area contributed by atoms with E-state index >= 15 is 0 Å². The smallest absolute Gasteiger partial charge is 0.416 e. The van der Waals surface area contributed by atoms with Gasteiger partial charge < -0.3 is 10.1 Å². The Morgan fingerprint density at radius 3 is 2.20 bits per heavy atom. The Labute approximate surface area is 193 Å². The standard InChI is InChI=1S/C23H16F6N4O2/c1-35-17-8-6-16(7-9-17)33-11-14-10-30-21(31-12-22(24,25)26)32-19(14)18(20(33)34)13-2-4-15(5-3-13)23(27,28)29/h2-11H,12H2,1H3,(H,31,32). The summed E-state index contributed by atoms with van der Waals surface area (Å²) in [4.78, 5) is 21.4. The molecule has 0 bridgehead atoms. The second kappa shape index (κ2) is 8.93. The Hall–Kier alpha value is -4.09. The summed E-state index contributed by atoms with van der Waals surface area (Å²) in [6.07, 6.45) is -6.49. The molecule has 0 atom stereocenters. The van der Waals surface area contributed by atoms with Crippen LogP contribution in [0.3, 0.4) is 0 Å². The van der Waals surface area contributed by atoms with Crippen molar-refractivity contribution in [3.8, 4) is 22.6 Å². The zero-order valence-electron chi connectivity index (χ0n) is 17.9. The molecule has 4 rings (SSSR count). The zero-order chi connectivity index (χ0) is 25.4. The van der Waals surface area contributed by atoms with Gasteiger partial charge in [0.25, 0.3) is 5.56 Å². The minimum atomic E-state index is -4.59. The van der Waals surface area contributed by atoms with Crippen molar-refractivity contribution >= 4 is 16.9 Å². The van der Waals surface area contributed by atoms with Gasteiger partial charge in [-0.1, -0.05) is 12.1 Å². The molecule has 2 aromatic carbocycles. The second-order valence-corrected chi connectivity index (χ2v) is 7.42. The fourth-order valence-electron chi connectivity index (χ4n) is 3.39. The van der Waals surface area contributed by atoms with E-state index in [1.807, 2.05) is 5.32 Å². The normalized spacial score (nSPS) is 12.1. The van der Waals surface area contributed by atoms with E-state index in [0.29, 0.717) is 11.4 Å². The number of ether oxygens (including phenoxy) is 1. The molecule has 35 heavy (non-hydrogen) atoms. The first-order valence-electron chi connectivity index (χ1n) is 10.0. The SMILES string of the molecule is COc1ccc(-n2cc3cnc(NCC(F)(F)F)nc3c(-c3ccc(C(F)(F)F)cc3)c2=O)cc1. The van der Waals surface area contributed by atoms with Crippen molar-refractivity contribution in [1.29, 1.82) is 0 Å². The van der Waals surface area contributed by atoms with Gasteiger partial charge in [-0.2, -0.15) is 26.3 Å². The number of hydrogen-bond acceptors (Lipinski definition) is 5. The van der Waals surface area contributed by atoms with Gasteiger partial charge in [-0.15, -0.1) is 0 Å². The molecule has 0 saturated heterocycles. The molecule has 1 N–H and O–H groups in total. The molecule has 0 aliphatic rings. The number of alkyl halides is 6. The third kappa shape index (κ3) is 5.20. The van der Waals surface area contributed by atoms with Crippen LogP contribution in [0.4, 0.5) is 32.3 Å². The van der Waals surface area contributed by atoms with Gasteiger partial charge in [0, 0.05) is 23.5 Å². The van der Waals surface area contributed by atoms with Crippen molar-refractivity contribution in [3.63, 3.8) is 0 Å². The molecule has 0 unspecified atom stereocenters. The minimum Gasteiger partial charge on any atom is -0.497 e. The Balaban J connectivity index is 1.92. The van der Waals surface area contributed by atoms with Crippen LogP contribution in [0, 0.1) is 0 Å².